The van der Waals surface area contributed by atoms with E-state index in [2.05, 4.69) is 23.8 Å². The predicted octanol–water partition coefficient (Wildman–Crippen LogP) is 1.98. The first-order valence-electron chi connectivity index (χ1n) is 5.91. The van der Waals surface area contributed by atoms with E-state index in [1.54, 1.807) is 0 Å². The SMILES string of the molecule is CCCC(C)n1cc(C)c2c(=O)[nH]c(N)nc21. The Hall–Kier alpha value is -1.78. The molecular formula is C12H18N4O. The molecule has 2 aromatic heterocycles. The van der Waals surface area contributed by atoms with Crippen LogP contribution in [0.5, 0.6) is 0 Å². The number of nitrogens with two attached hydrogens (primary N) is 1. The summed E-state index contributed by atoms with van der Waals surface area (Å²) in [5, 5.41) is 0.641. The van der Waals surface area contributed by atoms with Crippen molar-refractivity contribution in [3.63, 3.8) is 0 Å². The highest BCUT2D eigenvalue weighted by molar-refractivity contribution is 5.80. The van der Waals surface area contributed by atoms with Crippen LogP contribution in [0.1, 0.15) is 38.3 Å². The predicted molar refractivity (Wildman–Crippen MR) is 69.1 cm³/mol. The van der Waals surface area contributed by atoms with Gasteiger partial charge in [0.2, 0.25) is 5.95 Å². The summed E-state index contributed by atoms with van der Waals surface area (Å²) in [6.45, 7) is 6.19. The lowest BCUT2D eigenvalue weighted by Gasteiger charge is -2.13. The van der Waals surface area contributed by atoms with Crippen LogP contribution < -0.4 is 11.3 Å². The quantitative estimate of drug-likeness (QED) is 0.852. The van der Waals surface area contributed by atoms with Crippen LogP contribution in [0.15, 0.2) is 11.0 Å². The van der Waals surface area contributed by atoms with Crippen molar-refractivity contribution in [3.05, 3.63) is 22.1 Å². The second kappa shape index (κ2) is 4.24. The van der Waals surface area contributed by atoms with Gasteiger partial charge < -0.3 is 10.3 Å². The largest absolute Gasteiger partial charge is 0.369 e. The molecule has 5 heteroatoms. The van der Waals surface area contributed by atoms with E-state index in [4.69, 9.17) is 5.73 Å². The van der Waals surface area contributed by atoms with Crippen molar-refractivity contribution >= 4 is 17.0 Å². The average Bonchev–Trinajstić information content (AvgIpc) is 2.56. The smallest absolute Gasteiger partial charge is 0.262 e. The van der Waals surface area contributed by atoms with Gasteiger partial charge in [0.1, 0.15) is 5.65 Å². The molecule has 2 aromatic rings. The van der Waals surface area contributed by atoms with E-state index in [0.29, 0.717) is 17.1 Å². The summed E-state index contributed by atoms with van der Waals surface area (Å²) in [6, 6.07) is 0.324. The van der Waals surface area contributed by atoms with Crippen molar-refractivity contribution in [2.45, 2.75) is 39.7 Å². The molecule has 0 spiro atoms. The Balaban J connectivity index is 2.70. The van der Waals surface area contributed by atoms with E-state index in [0.717, 1.165) is 18.4 Å². The number of nitrogen functional groups attached to an aromatic ring is 1. The first kappa shape index (κ1) is 11.7. The molecule has 2 rings (SSSR count). The first-order valence-corrected chi connectivity index (χ1v) is 5.91. The molecule has 0 aromatic carbocycles. The number of fused-ring (bicyclic) bond motifs is 1. The van der Waals surface area contributed by atoms with Gasteiger partial charge in [0, 0.05) is 12.2 Å². The molecule has 0 saturated heterocycles. The summed E-state index contributed by atoms with van der Waals surface area (Å²) in [7, 11) is 0. The molecule has 1 atom stereocenters. The number of nitrogens with zero attached hydrogens (tertiary/aromatic N) is 2. The van der Waals surface area contributed by atoms with Gasteiger partial charge in [0.15, 0.2) is 0 Å². The molecule has 5 nitrogen and oxygen atoms in total. The maximum atomic E-state index is 11.8. The number of aromatic amines is 1. The molecule has 0 amide bonds. The van der Waals surface area contributed by atoms with Gasteiger partial charge in [0.25, 0.3) is 5.56 Å². The molecule has 2 heterocycles. The number of rotatable bonds is 3. The minimum absolute atomic E-state index is 0.160. The Morgan fingerprint density at radius 2 is 2.29 bits per heavy atom. The molecule has 3 N–H and O–H groups in total. The number of nitrogens with one attached hydrogen (secondary N) is 1. The Labute approximate surface area is 99.7 Å². The van der Waals surface area contributed by atoms with E-state index in [-0.39, 0.29) is 11.5 Å². The van der Waals surface area contributed by atoms with E-state index < -0.39 is 0 Å². The maximum absolute atomic E-state index is 11.8. The minimum Gasteiger partial charge on any atom is -0.369 e. The molecule has 0 bridgehead atoms. The van der Waals surface area contributed by atoms with Crippen molar-refractivity contribution in [2.75, 3.05) is 5.73 Å². The lowest BCUT2D eigenvalue weighted by molar-refractivity contribution is 0.512. The highest BCUT2D eigenvalue weighted by atomic mass is 16.1. The molecule has 0 aliphatic carbocycles. The molecule has 0 aliphatic heterocycles. The highest BCUT2D eigenvalue weighted by Crippen LogP contribution is 2.22. The van der Waals surface area contributed by atoms with Crippen molar-refractivity contribution in [3.8, 4) is 0 Å². The molecule has 1 unspecified atom stereocenters. The van der Waals surface area contributed by atoms with Gasteiger partial charge in [-0.1, -0.05) is 13.3 Å². The Morgan fingerprint density at radius 1 is 1.59 bits per heavy atom. The third kappa shape index (κ3) is 1.92. The molecule has 92 valence electrons. The molecule has 0 saturated carbocycles. The van der Waals surface area contributed by atoms with Gasteiger partial charge in [-0.2, -0.15) is 4.98 Å². The zero-order valence-corrected chi connectivity index (χ0v) is 10.4. The highest BCUT2D eigenvalue weighted by Gasteiger charge is 2.14. The zero-order chi connectivity index (χ0) is 12.6. The van der Waals surface area contributed by atoms with Crippen LogP contribution in [0.25, 0.3) is 11.0 Å². The number of H-pyrrole nitrogens is 1. The summed E-state index contributed by atoms with van der Waals surface area (Å²) in [6.07, 6.45) is 4.13. The van der Waals surface area contributed by atoms with Gasteiger partial charge in [-0.05, 0) is 25.8 Å². The van der Waals surface area contributed by atoms with Crippen molar-refractivity contribution in [1.82, 2.24) is 14.5 Å². The summed E-state index contributed by atoms with van der Waals surface area (Å²) < 4.78 is 2.04. The summed E-state index contributed by atoms with van der Waals surface area (Å²) >= 11 is 0. The molecule has 0 radical (unpaired) electrons. The van der Waals surface area contributed by atoms with Crippen molar-refractivity contribution < 1.29 is 0 Å². The number of anilines is 1. The van der Waals surface area contributed by atoms with Crippen LogP contribution in [-0.4, -0.2) is 14.5 Å². The van der Waals surface area contributed by atoms with Gasteiger partial charge >= 0.3 is 0 Å². The van der Waals surface area contributed by atoms with E-state index >= 15 is 0 Å². The lowest BCUT2D eigenvalue weighted by Crippen LogP contribution is -2.13. The van der Waals surface area contributed by atoms with Gasteiger partial charge in [0.05, 0.1) is 5.39 Å². The third-order valence-corrected chi connectivity index (χ3v) is 3.07. The fourth-order valence-corrected chi connectivity index (χ4v) is 2.25. The number of hydrogen-bond acceptors (Lipinski definition) is 3. The average molecular weight is 234 g/mol. The van der Waals surface area contributed by atoms with Crippen molar-refractivity contribution in [2.24, 2.45) is 0 Å². The normalized spacial score (nSPS) is 13.1. The second-order valence-electron chi connectivity index (χ2n) is 4.51. The van der Waals surface area contributed by atoms with Gasteiger partial charge in [-0.3, -0.25) is 9.78 Å². The fourth-order valence-electron chi connectivity index (χ4n) is 2.25. The minimum atomic E-state index is -0.160. The standard InChI is InChI=1S/C12H18N4O/c1-4-5-8(3)16-6-7(2)9-10(16)14-12(13)15-11(9)17/h6,8H,4-5H2,1-3H3,(H3,13,14,15,17). The van der Waals surface area contributed by atoms with Crippen LogP contribution in [-0.2, 0) is 0 Å². The van der Waals surface area contributed by atoms with Crippen LogP contribution in [0.4, 0.5) is 5.95 Å². The number of hydrogen-bond donors (Lipinski definition) is 2. The Kier molecular flexibility index (Phi) is 2.92. The van der Waals surface area contributed by atoms with Crippen LogP contribution in [0.3, 0.4) is 0 Å². The zero-order valence-electron chi connectivity index (χ0n) is 10.4. The Bertz CT molecular complexity index is 596. The third-order valence-electron chi connectivity index (χ3n) is 3.07. The molecular weight excluding hydrogens is 216 g/mol. The maximum Gasteiger partial charge on any atom is 0.262 e. The summed E-state index contributed by atoms with van der Waals surface area (Å²) in [4.78, 5) is 18.6. The van der Waals surface area contributed by atoms with Crippen LogP contribution in [0.2, 0.25) is 0 Å². The first-order chi connectivity index (χ1) is 8.04. The van der Waals surface area contributed by atoms with Crippen molar-refractivity contribution in [1.29, 1.82) is 0 Å². The number of aryl methyl sites for hydroxylation is 1. The lowest BCUT2D eigenvalue weighted by atomic mass is 10.2. The fraction of sp³-hybridized carbons (Fsp3) is 0.500. The van der Waals surface area contributed by atoms with Crippen LogP contribution in [0, 0.1) is 6.92 Å². The van der Waals surface area contributed by atoms with E-state index in [9.17, 15) is 4.79 Å². The monoisotopic (exact) mass is 234 g/mol. The second-order valence-corrected chi connectivity index (χ2v) is 4.51. The van der Waals surface area contributed by atoms with Gasteiger partial charge in [-0.15, -0.1) is 0 Å². The Morgan fingerprint density at radius 3 is 2.94 bits per heavy atom. The van der Waals surface area contributed by atoms with Gasteiger partial charge in [-0.25, -0.2) is 0 Å². The molecule has 17 heavy (non-hydrogen) atoms. The molecule has 0 aliphatic rings. The molecule has 0 fully saturated rings. The summed E-state index contributed by atoms with van der Waals surface area (Å²) in [5.74, 6) is 0.172. The van der Waals surface area contributed by atoms with E-state index in [1.807, 2.05) is 17.7 Å². The van der Waals surface area contributed by atoms with Crippen LogP contribution >= 0.6 is 0 Å². The van der Waals surface area contributed by atoms with E-state index in [1.165, 1.54) is 0 Å². The topological polar surface area (TPSA) is 76.7 Å². The summed E-state index contributed by atoms with van der Waals surface area (Å²) in [5.41, 5.74) is 7.06. The number of aromatic nitrogens is 3.